The zero-order chi connectivity index (χ0) is 24.1. The molecule has 2 aromatic carbocycles. The highest BCUT2D eigenvalue weighted by atomic mass is 32.2. The van der Waals surface area contributed by atoms with E-state index in [1.807, 2.05) is 25.1 Å². The van der Waals surface area contributed by atoms with Crippen LogP contribution in [0.3, 0.4) is 0 Å². The van der Waals surface area contributed by atoms with Gasteiger partial charge in [0.25, 0.3) is 0 Å². The van der Waals surface area contributed by atoms with E-state index in [4.69, 9.17) is 5.26 Å². The van der Waals surface area contributed by atoms with Crippen molar-refractivity contribution in [3.05, 3.63) is 83.7 Å². The first-order valence-corrected chi connectivity index (χ1v) is 11.7. The number of pyridine rings is 1. The summed E-state index contributed by atoms with van der Waals surface area (Å²) in [6.07, 6.45) is -0.636. The summed E-state index contributed by atoms with van der Waals surface area (Å²) in [4.78, 5) is 3.24. The highest BCUT2D eigenvalue weighted by Gasteiger charge is 2.37. The van der Waals surface area contributed by atoms with Crippen LogP contribution in [0, 0.1) is 18.3 Å². The minimum atomic E-state index is -4.82. The van der Waals surface area contributed by atoms with Crippen molar-refractivity contribution in [1.82, 2.24) is 9.71 Å². The molecule has 3 rings (SSSR count). The first-order chi connectivity index (χ1) is 15.6. The third-order valence-electron chi connectivity index (χ3n) is 5.18. The van der Waals surface area contributed by atoms with Gasteiger partial charge in [0, 0.05) is 24.9 Å². The molecule has 1 unspecified atom stereocenters. The van der Waals surface area contributed by atoms with E-state index < -0.39 is 32.7 Å². The molecule has 1 aromatic heterocycles. The number of nitrogens with one attached hydrogen (secondary N) is 1. The van der Waals surface area contributed by atoms with E-state index in [9.17, 15) is 21.6 Å². The maximum Gasteiger partial charge on any atom is 0.417 e. The first-order valence-electron chi connectivity index (χ1n) is 10.2. The number of nitriles is 1. The molecule has 1 N–H and O–H groups in total. The van der Waals surface area contributed by atoms with E-state index >= 15 is 0 Å². The van der Waals surface area contributed by atoms with Crippen LogP contribution in [-0.4, -0.2) is 13.4 Å². The van der Waals surface area contributed by atoms with E-state index in [2.05, 4.69) is 9.71 Å². The molecule has 0 aliphatic heterocycles. The lowest BCUT2D eigenvalue weighted by Gasteiger charge is -2.21. The third-order valence-corrected chi connectivity index (χ3v) is 6.71. The van der Waals surface area contributed by atoms with Gasteiger partial charge in [-0.15, -0.1) is 0 Å². The van der Waals surface area contributed by atoms with E-state index in [0.717, 1.165) is 34.9 Å². The number of aromatic nitrogens is 1. The van der Waals surface area contributed by atoms with Gasteiger partial charge in [-0.3, -0.25) is 4.98 Å². The Kier molecular flexibility index (Phi) is 7.51. The highest BCUT2D eigenvalue weighted by molar-refractivity contribution is 7.89. The van der Waals surface area contributed by atoms with E-state index in [1.165, 1.54) is 6.07 Å². The van der Waals surface area contributed by atoms with Crippen molar-refractivity contribution in [3.8, 4) is 17.2 Å². The van der Waals surface area contributed by atoms with Crippen LogP contribution in [0.1, 0.15) is 42.0 Å². The molecule has 33 heavy (non-hydrogen) atoms. The van der Waals surface area contributed by atoms with Crippen LogP contribution >= 0.6 is 0 Å². The Labute approximate surface area is 191 Å². The summed E-state index contributed by atoms with van der Waals surface area (Å²) in [7, 11) is -4.51. The molecule has 5 nitrogen and oxygen atoms in total. The Hall–Kier alpha value is -3.22. The number of sulfonamides is 1. The monoisotopic (exact) mass is 473 g/mol. The van der Waals surface area contributed by atoms with E-state index in [-0.39, 0.29) is 12.8 Å². The number of alkyl halides is 3. The maximum absolute atomic E-state index is 13.4. The van der Waals surface area contributed by atoms with Crippen molar-refractivity contribution in [1.29, 1.82) is 5.26 Å². The van der Waals surface area contributed by atoms with E-state index in [1.54, 1.807) is 30.6 Å². The maximum atomic E-state index is 13.4. The summed E-state index contributed by atoms with van der Waals surface area (Å²) in [6, 6.07) is 14.3. The van der Waals surface area contributed by atoms with Crippen LogP contribution < -0.4 is 4.72 Å². The Morgan fingerprint density at radius 3 is 2.58 bits per heavy atom. The van der Waals surface area contributed by atoms with Gasteiger partial charge in [-0.25, -0.2) is 13.1 Å². The minimum Gasteiger partial charge on any atom is -0.264 e. The number of nitrogens with zero attached hydrogens (tertiary/aromatic N) is 2. The van der Waals surface area contributed by atoms with Gasteiger partial charge in [0.1, 0.15) is 0 Å². The predicted octanol–water partition coefficient (Wildman–Crippen LogP) is 5.79. The van der Waals surface area contributed by atoms with Crippen molar-refractivity contribution < 1.29 is 21.6 Å². The molecule has 0 aliphatic rings. The topological polar surface area (TPSA) is 82.8 Å². The molecular weight excluding hydrogens is 451 g/mol. The minimum absolute atomic E-state index is 0.195. The SMILES string of the molecule is Cc1cnccc1-c1cccc(C(CCCC#N)NS(=O)(=O)c2ccccc2C(F)(F)F)c1. The summed E-state index contributed by atoms with van der Waals surface area (Å²) in [5.74, 6) is 0. The lowest BCUT2D eigenvalue weighted by atomic mass is 9.96. The fourth-order valence-electron chi connectivity index (χ4n) is 3.59. The second-order valence-corrected chi connectivity index (χ2v) is 9.22. The second-order valence-electron chi connectivity index (χ2n) is 7.53. The second kappa shape index (κ2) is 10.1. The molecular formula is C24H22F3N3O2S. The van der Waals surface area contributed by atoms with Crippen LogP contribution in [0.4, 0.5) is 13.2 Å². The van der Waals surface area contributed by atoms with Crippen molar-refractivity contribution in [2.45, 2.75) is 43.3 Å². The van der Waals surface area contributed by atoms with Gasteiger partial charge in [-0.1, -0.05) is 30.3 Å². The molecule has 172 valence electrons. The average molecular weight is 474 g/mol. The van der Waals surface area contributed by atoms with Gasteiger partial charge >= 0.3 is 6.18 Å². The van der Waals surface area contributed by atoms with Gasteiger partial charge in [0.2, 0.25) is 10.0 Å². The summed E-state index contributed by atoms with van der Waals surface area (Å²) in [6.45, 7) is 1.90. The van der Waals surface area contributed by atoms with Crippen molar-refractivity contribution >= 4 is 10.0 Å². The zero-order valence-corrected chi connectivity index (χ0v) is 18.6. The number of hydrogen-bond donors (Lipinski definition) is 1. The van der Waals surface area contributed by atoms with Gasteiger partial charge in [0.15, 0.2) is 0 Å². The molecule has 0 amide bonds. The first kappa shape index (κ1) is 24.4. The van der Waals surface area contributed by atoms with E-state index in [0.29, 0.717) is 12.0 Å². The number of hydrogen-bond acceptors (Lipinski definition) is 4. The van der Waals surface area contributed by atoms with Gasteiger partial charge in [0.05, 0.1) is 16.5 Å². The number of benzene rings is 2. The Bertz CT molecular complexity index is 1270. The van der Waals surface area contributed by atoms with Crippen LogP contribution in [0.25, 0.3) is 11.1 Å². The molecule has 3 aromatic rings. The molecule has 0 spiro atoms. The molecule has 1 atom stereocenters. The molecule has 9 heteroatoms. The number of aryl methyl sites for hydroxylation is 1. The van der Waals surface area contributed by atoms with Crippen LogP contribution in [0.5, 0.6) is 0 Å². The summed E-state index contributed by atoms with van der Waals surface area (Å²) >= 11 is 0. The lowest BCUT2D eigenvalue weighted by molar-refractivity contribution is -0.139. The molecule has 0 aliphatic carbocycles. The van der Waals surface area contributed by atoms with Gasteiger partial charge in [-0.05, 0) is 66.3 Å². The molecule has 0 saturated heterocycles. The Morgan fingerprint density at radius 1 is 1.12 bits per heavy atom. The molecule has 0 saturated carbocycles. The standard InChI is InChI=1S/C24H22F3N3O2S/c1-17-16-29-14-12-20(17)18-7-6-8-19(15-18)22(10-4-5-13-28)30-33(31,32)23-11-3-2-9-21(23)24(25,26)27/h2-3,6-9,11-12,14-16,22,30H,4-5,10H2,1H3. The molecule has 0 bridgehead atoms. The number of rotatable bonds is 8. The van der Waals surface area contributed by atoms with Crippen molar-refractivity contribution in [2.75, 3.05) is 0 Å². The van der Waals surface area contributed by atoms with Crippen LogP contribution in [0.15, 0.2) is 71.9 Å². The van der Waals surface area contributed by atoms with Gasteiger partial charge in [-0.2, -0.15) is 18.4 Å². The average Bonchev–Trinajstić information content (AvgIpc) is 2.78. The molecule has 1 heterocycles. The molecule has 0 radical (unpaired) electrons. The van der Waals surface area contributed by atoms with Crippen molar-refractivity contribution in [2.24, 2.45) is 0 Å². The summed E-state index contributed by atoms with van der Waals surface area (Å²) in [5, 5.41) is 8.89. The predicted molar refractivity (Wildman–Crippen MR) is 118 cm³/mol. The Balaban J connectivity index is 2.01. The fraction of sp³-hybridized carbons (Fsp3) is 0.250. The Morgan fingerprint density at radius 2 is 1.88 bits per heavy atom. The number of unbranched alkanes of at least 4 members (excludes halogenated alkanes) is 1. The number of halogens is 3. The highest BCUT2D eigenvalue weighted by Crippen LogP contribution is 2.35. The normalized spacial score (nSPS) is 12.8. The smallest absolute Gasteiger partial charge is 0.264 e. The third kappa shape index (κ3) is 5.97. The zero-order valence-electron chi connectivity index (χ0n) is 17.8. The quantitative estimate of drug-likeness (QED) is 0.420. The summed E-state index contributed by atoms with van der Waals surface area (Å²) in [5.41, 5.74) is 2.03. The van der Waals surface area contributed by atoms with Gasteiger partial charge < -0.3 is 0 Å². The molecule has 0 fully saturated rings. The summed E-state index contributed by atoms with van der Waals surface area (Å²) < 4.78 is 68.8. The largest absolute Gasteiger partial charge is 0.417 e. The van der Waals surface area contributed by atoms with Crippen LogP contribution in [-0.2, 0) is 16.2 Å². The fourth-order valence-corrected chi connectivity index (χ4v) is 5.07. The van der Waals surface area contributed by atoms with Crippen LogP contribution in [0.2, 0.25) is 0 Å². The lowest BCUT2D eigenvalue weighted by Crippen LogP contribution is -2.30. The van der Waals surface area contributed by atoms with Crippen molar-refractivity contribution in [3.63, 3.8) is 0 Å².